The predicted molar refractivity (Wildman–Crippen MR) is 75.9 cm³/mol. The molecule has 1 fully saturated rings. The fourth-order valence-corrected chi connectivity index (χ4v) is 2.64. The van der Waals surface area contributed by atoms with Gasteiger partial charge in [0.15, 0.2) is 0 Å². The Balaban J connectivity index is 1.97. The van der Waals surface area contributed by atoms with E-state index < -0.39 is 0 Å². The molecule has 0 aromatic carbocycles. The SMILES string of the molecule is CCN1CCCC1CN(C)C(=O)c1ccc(N)cn1. The second-order valence-corrected chi connectivity index (χ2v) is 5.09. The van der Waals surface area contributed by atoms with Gasteiger partial charge >= 0.3 is 0 Å². The van der Waals surface area contributed by atoms with Crippen molar-refractivity contribution in [1.82, 2.24) is 14.8 Å². The molecule has 2 rings (SSSR count). The maximum absolute atomic E-state index is 12.2. The van der Waals surface area contributed by atoms with Crippen LogP contribution in [0.2, 0.25) is 0 Å². The summed E-state index contributed by atoms with van der Waals surface area (Å²) in [6.07, 6.45) is 3.91. The molecule has 1 amide bonds. The summed E-state index contributed by atoms with van der Waals surface area (Å²) in [6, 6.07) is 3.87. The summed E-state index contributed by atoms with van der Waals surface area (Å²) < 4.78 is 0. The van der Waals surface area contributed by atoms with E-state index in [-0.39, 0.29) is 5.91 Å². The quantitative estimate of drug-likeness (QED) is 0.886. The summed E-state index contributed by atoms with van der Waals surface area (Å²) >= 11 is 0. The van der Waals surface area contributed by atoms with Gasteiger partial charge in [0, 0.05) is 19.6 Å². The zero-order valence-electron chi connectivity index (χ0n) is 11.7. The molecule has 1 aromatic heterocycles. The minimum Gasteiger partial charge on any atom is -0.397 e. The van der Waals surface area contributed by atoms with E-state index in [9.17, 15) is 4.79 Å². The standard InChI is InChI=1S/C14H22N4O/c1-3-18-8-4-5-12(18)10-17(2)14(19)13-7-6-11(15)9-16-13/h6-7,9,12H,3-5,8,10,15H2,1-2H3. The summed E-state index contributed by atoms with van der Waals surface area (Å²) in [5.74, 6) is -0.0389. The molecule has 0 spiro atoms. The van der Waals surface area contributed by atoms with E-state index in [0.717, 1.165) is 19.6 Å². The van der Waals surface area contributed by atoms with E-state index in [1.165, 1.54) is 19.0 Å². The number of carbonyl (C=O) groups excluding carboxylic acids is 1. The van der Waals surface area contributed by atoms with E-state index in [4.69, 9.17) is 5.73 Å². The highest BCUT2D eigenvalue weighted by atomic mass is 16.2. The molecule has 104 valence electrons. The number of anilines is 1. The molecule has 1 aliphatic heterocycles. The van der Waals surface area contributed by atoms with Gasteiger partial charge in [-0.25, -0.2) is 4.98 Å². The zero-order valence-corrected chi connectivity index (χ0v) is 11.7. The van der Waals surface area contributed by atoms with Crippen molar-refractivity contribution in [3.05, 3.63) is 24.0 Å². The minimum absolute atomic E-state index is 0.0389. The Labute approximate surface area is 114 Å². The first-order chi connectivity index (χ1) is 9.11. The van der Waals surface area contributed by atoms with E-state index >= 15 is 0 Å². The Hall–Kier alpha value is -1.62. The van der Waals surface area contributed by atoms with Crippen LogP contribution in [0.5, 0.6) is 0 Å². The van der Waals surface area contributed by atoms with Crippen molar-refractivity contribution in [2.24, 2.45) is 0 Å². The molecule has 2 heterocycles. The van der Waals surface area contributed by atoms with Gasteiger partial charge in [0.1, 0.15) is 5.69 Å². The summed E-state index contributed by atoms with van der Waals surface area (Å²) in [7, 11) is 1.84. The van der Waals surface area contributed by atoms with Crippen LogP contribution in [0.25, 0.3) is 0 Å². The van der Waals surface area contributed by atoms with Crippen LogP contribution in [0.3, 0.4) is 0 Å². The highest BCUT2D eigenvalue weighted by Gasteiger charge is 2.26. The van der Waals surface area contributed by atoms with Crippen LogP contribution in [0, 0.1) is 0 Å². The van der Waals surface area contributed by atoms with Crippen molar-refractivity contribution in [2.75, 3.05) is 32.4 Å². The van der Waals surface area contributed by atoms with Gasteiger partial charge < -0.3 is 10.6 Å². The molecule has 2 N–H and O–H groups in total. The average Bonchev–Trinajstić information content (AvgIpc) is 2.86. The Kier molecular flexibility index (Phi) is 4.37. The van der Waals surface area contributed by atoms with Gasteiger partial charge in [0.25, 0.3) is 5.91 Å². The number of hydrogen-bond acceptors (Lipinski definition) is 4. The Bertz CT molecular complexity index is 432. The zero-order chi connectivity index (χ0) is 13.8. The second-order valence-electron chi connectivity index (χ2n) is 5.09. The highest BCUT2D eigenvalue weighted by Crippen LogP contribution is 2.17. The van der Waals surface area contributed by atoms with Gasteiger partial charge in [-0.1, -0.05) is 6.92 Å². The van der Waals surface area contributed by atoms with Crippen molar-refractivity contribution >= 4 is 11.6 Å². The lowest BCUT2D eigenvalue weighted by atomic mass is 10.2. The number of pyridine rings is 1. The minimum atomic E-state index is -0.0389. The van der Waals surface area contributed by atoms with Crippen LogP contribution in [0.4, 0.5) is 5.69 Å². The van der Waals surface area contributed by atoms with Gasteiger partial charge in [-0.05, 0) is 38.1 Å². The summed E-state index contributed by atoms with van der Waals surface area (Å²) in [6.45, 7) is 5.12. The molecule has 0 radical (unpaired) electrons. The number of amides is 1. The van der Waals surface area contributed by atoms with Gasteiger partial charge in [-0.2, -0.15) is 0 Å². The molecule has 0 saturated carbocycles. The lowest BCUT2D eigenvalue weighted by molar-refractivity contribution is 0.0749. The van der Waals surface area contributed by atoms with Crippen LogP contribution in [0.15, 0.2) is 18.3 Å². The van der Waals surface area contributed by atoms with Gasteiger partial charge in [0.05, 0.1) is 11.9 Å². The molecular formula is C14H22N4O. The van der Waals surface area contributed by atoms with Crippen LogP contribution in [0.1, 0.15) is 30.3 Å². The Morgan fingerprint density at radius 3 is 3.00 bits per heavy atom. The molecule has 0 aliphatic carbocycles. The van der Waals surface area contributed by atoms with Crippen molar-refractivity contribution in [1.29, 1.82) is 0 Å². The lowest BCUT2D eigenvalue weighted by Crippen LogP contribution is -2.41. The molecule has 5 heteroatoms. The third-order valence-corrected chi connectivity index (χ3v) is 3.74. The molecule has 19 heavy (non-hydrogen) atoms. The largest absolute Gasteiger partial charge is 0.397 e. The van der Waals surface area contributed by atoms with Gasteiger partial charge in [-0.15, -0.1) is 0 Å². The number of nitrogens with zero attached hydrogens (tertiary/aromatic N) is 3. The molecule has 5 nitrogen and oxygen atoms in total. The first-order valence-electron chi connectivity index (χ1n) is 6.83. The molecule has 1 saturated heterocycles. The van der Waals surface area contributed by atoms with Gasteiger partial charge in [0.2, 0.25) is 0 Å². The number of nitrogens with two attached hydrogens (primary N) is 1. The monoisotopic (exact) mass is 262 g/mol. The van der Waals surface area contributed by atoms with Crippen LogP contribution in [-0.4, -0.2) is 53.4 Å². The topological polar surface area (TPSA) is 62.5 Å². The van der Waals surface area contributed by atoms with E-state index in [1.807, 2.05) is 7.05 Å². The number of nitrogen functional groups attached to an aromatic ring is 1. The van der Waals surface area contributed by atoms with Crippen molar-refractivity contribution in [2.45, 2.75) is 25.8 Å². The second kappa shape index (κ2) is 6.02. The van der Waals surface area contributed by atoms with E-state index in [2.05, 4.69) is 16.8 Å². The van der Waals surface area contributed by atoms with E-state index in [0.29, 0.717) is 17.4 Å². The molecule has 0 bridgehead atoms. The first kappa shape index (κ1) is 13.8. The Morgan fingerprint density at radius 1 is 1.58 bits per heavy atom. The Morgan fingerprint density at radius 2 is 2.37 bits per heavy atom. The normalized spacial score (nSPS) is 19.6. The van der Waals surface area contributed by atoms with E-state index in [1.54, 1.807) is 17.0 Å². The lowest BCUT2D eigenvalue weighted by Gasteiger charge is -2.27. The fraction of sp³-hybridized carbons (Fsp3) is 0.571. The molecule has 1 atom stereocenters. The maximum atomic E-state index is 12.2. The number of rotatable bonds is 4. The third-order valence-electron chi connectivity index (χ3n) is 3.74. The average molecular weight is 262 g/mol. The van der Waals surface area contributed by atoms with Crippen molar-refractivity contribution < 1.29 is 4.79 Å². The number of aromatic nitrogens is 1. The number of hydrogen-bond donors (Lipinski definition) is 1. The molecule has 1 unspecified atom stereocenters. The summed E-state index contributed by atoms with van der Waals surface area (Å²) in [5.41, 5.74) is 6.61. The van der Waals surface area contributed by atoms with Crippen LogP contribution < -0.4 is 5.73 Å². The smallest absolute Gasteiger partial charge is 0.272 e. The molecule has 1 aromatic rings. The van der Waals surface area contributed by atoms with Crippen LogP contribution >= 0.6 is 0 Å². The highest BCUT2D eigenvalue weighted by molar-refractivity contribution is 5.92. The molecular weight excluding hydrogens is 240 g/mol. The van der Waals surface area contributed by atoms with Crippen molar-refractivity contribution in [3.63, 3.8) is 0 Å². The van der Waals surface area contributed by atoms with Gasteiger partial charge in [-0.3, -0.25) is 9.69 Å². The van der Waals surface area contributed by atoms with Crippen molar-refractivity contribution in [3.8, 4) is 0 Å². The summed E-state index contributed by atoms with van der Waals surface area (Å²) in [5, 5.41) is 0. The number of likely N-dealkylation sites (tertiary alicyclic amines) is 1. The van der Waals surface area contributed by atoms with Crippen LogP contribution in [-0.2, 0) is 0 Å². The number of likely N-dealkylation sites (N-methyl/N-ethyl adjacent to an activating group) is 2. The predicted octanol–water partition coefficient (Wildman–Crippen LogP) is 1.22. The number of carbonyl (C=O) groups is 1. The molecule has 1 aliphatic rings. The third kappa shape index (κ3) is 3.23. The summed E-state index contributed by atoms with van der Waals surface area (Å²) in [4.78, 5) is 20.5. The maximum Gasteiger partial charge on any atom is 0.272 e. The first-order valence-corrected chi connectivity index (χ1v) is 6.83. The fourth-order valence-electron chi connectivity index (χ4n) is 2.64.